The number of hydrogen-bond donors (Lipinski definition) is 2. The molecule has 0 unspecified atom stereocenters. The van der Waals surface area contributed by atoms with Gasteiger partial charge in [-0.05, 0) is 23.8 Å². The van der Waals surface area contributed by atoms with Crippen LogP contribution in [0.25, 0.3) is 0 Å². The summed E-state index contributed by atoms with van der Waals surface area (Å²) in [6.45, 7) is 0. The lowest BCUT2D eigenvalue weighted by Gasteiger charge is -2.15. The maximum absolute atomic E-state index is 12.3. The molecule has 0 spiro atoms. The lowest BCUT2D eigenvalue weighted by Crippen LogP contribution is -2.33. The fraction of sp³-hybridized carbons (Fsp3) is 0.0714. The first-order valence-electron chi connectivity index (χ1n) is 6.06. The largest absolute Gasteiger partial charge is 0.480 e. The number of carboxylic acids is 1. The molecule has 0 aromatic heterocycles. The standard InChI is InChI=1S/C14H11Cl2NO4S/c15-11-7-6-10(8-12(11)16)22(20,21)17-13(14(18)19)9-4-2-1-3-5-9/h1-8,13,17H,(H,18,19)/t13-/m0/s1. The monoisotopic (exact) mass is 359 g/mol. The first-order chi connectivity index (χ1) is 10.3. The zero-order valence-corrected chi connectivity index (χ0v) is 13.4. The molecule has 0 aliphatic carbocycles. The van der Waals surface area contributed by atoms with E-state index in [1.54, 1.807) is 18.2 Å². The molecule has 0 radical (unpaired) electrons. The quantitative estimate of drug-likeness (QED) is 0.858. The van der Waals surface area contributed by atoms with E-state index >= 15 is 0 Å². The van der Waals surface area contributed by atoms with Gasteiger partial charge < -0.3 is 5.11 Å². The number of hydrogen-bond acceptors (Lipinski definition) is 3. The van der Waals surface area contributed by atoms with E-state index in [4.69, 9.17) is 23.2 Å². The molecule has 22 heavy (non-hydrogen) atoms. The zero-order chi connectivity index (χ0) is 16.3. The lowest BCUT2D eigenvalue weighted by atomic mass is 10.1. The Bertz CT molecular complexity index is 794. The van der Waals surface area contributed by atoms with Crippen molar-refractivity contribution in [3.63, 3.8) is 0 Å². The summed E-state index contributed by atoms with van der Waals surface area (Å²) in [6, 6.07) is 10.3. The van der Waals surface area contributed by atoms with Gasteiger partial charge in [0.2, 0.25) is 10.0 Å². The first-order valence-corrected chi connectivity index (χ1v) is 8.30. The number of carboxylic acid groups (broad SMARTS) is 1. The summed E-state index contributed by atoms with van der Waals surface area (Å²) in [5.41, 5.74) is 0.318. The summed E-state index contributed by atoms with van der Waals surface area (Å²) in [7, 11) is -4.07. The second-order valence-corrected chi connectivity index (χ2v) is 6.91. The van der Waals surface area contributed by atoms with Crippen molar-refractivity contribution in [1.82, 2.24) is 4.72 Å². The molecule has 0 saturated carbocycles. The van der Waals surface area contributed by atoms with E-state index in [1.165, 1.54) is 24.3 Å². The van der Waals surface area contributed by atoms with E-state index in [0.717, 1.165) is 6.07 Å². The van der Waals surface area contributed by atoms with Crippen molar-refractivity contribution < 1.29 is 18.3 Å². The molecule has 1 atom stereocenters. The van der Waals surface area contributed by atoms with Gasteiger partial charge in [-0.1, -0.05) is 53.5 Å². The van der Waals surface area contributed by atoms with Crippen molar-refractivity contribution in [1.29, 1.82) is 0 Å². The number of halogens is 2. The van der Waals surface area contributed by atoms with Crippen molar-refractivity contribution >= 4 is 39.2 Å². The number of benzene rings is 2. The number of carbonyl (C=O) groups is 1. The number of rotatable bonds is 5. The van der Waals surface area contributed by atoms with Gasteiger partial charge in [0.1, 0.15) is 6.04 Å². The second-order valence-electron chi connectivity index (χ2n) is 4.38. The third kappa shape index (κ3) is 3.78. The summed E-state index contributed by atoms with van der Waals surface area (Å²) < 4.78 is 26.8. The Morgan fingerprint density at radius 3 is 2.23 bits per heavy atom. The van der Waals surface area contributed by atoms with E-state index in [-0.39, 0.29) is 14.9 Å². The van der Waals surface area contributed by atoms with Gasteiger partial charge in [0.05, 0.1) is 14.9 Å². The highest BCUT2D eigenvalue weighted by atomic mass is 35.5. The fourth-order valence-corrected chi connectivity index (χ4v) is 3.34. The molecule has 0 saturated heterocycles. The van der Waals surface area contributed by atoms with Gasteiger partial charge in [0.25, 0.3) is 0 Å². The average Bonchev–Trinajstić information content (AvgIpc) is 2.48. The Kier molecular flexibility index (Phi) is 5.08. The molecule has 0 bridgehead atoms. The van der Waals surface area contributed by atoms with E-state index in [9.17, 15) is 18.3 Å². The van der Waals surface area contributed by atoms with Gasteiger partial charge in [-0.15, -0.1) is 0 Å². The Hall–Kier alpha value is -1.60. The number of sulfonamides is 1. The van der Waals surface area contributed by atoms with Crippen LogP contribution in [-0.4, -0.2) is 19.5 Å². The minimum absolute atomic E-state index is 0.0659. The van der Waals surface area contributed by atoms with Crippen molar-refractivity contribution in [2.24, 2.45) is 0 Å². The van der Waals surface area contributed by atoms with Crippen LogP contribution in [0.5, 0.6) is 0 Å². The van der Waals surface area contributed by atoms with Crippen molar-refractivity contribution in [3.8, 4) is 0 Å². The van der Waals surface area contributed by atoms with Gasteiger partial charge in [-0.3, -0.25) is 4.79 Å². The minimum atomic E-state index is -4.07. The van der Waals surface area contributed by atoms with Crippen LogP contribution < -0.4 is 4.72 Å². The maximum Gasteiger partial charge on any atom is 0.326 e. The highest BCUT2D eigenvalue weighted by Gasteiger charge is 2.27. The van der Waals surface area contributed by atoms with Crippen molar-refractivity contribution in [2.75, 3.05) is 0 Å². The molecule has 0 heterocycles. The number of nitrogens with one attached hydrogen (secondary N) is 1. The smallest absolute Gasteiger partial charge is 0.326 e. The van der Waals surface area contributed by atoms with Crippen molar-refractivity contribution in [3.05, 3.63) is 64.1 Å². The van der Waals surface area contributed by atoms with Crippen LogP contribution in [0.4, 0.5) is 0 Å². The first kappa shape index (κ1) is 16.8. The van der Waals surface area contributed by atoms with Gasteiger partial charge in [-0.2, -0.15) is 4.72 Å². The van der Waals surface area contributed by atoms with Crippen LogP contribution in [0.15, 0.2) is 53.4 Å². The average molecular weight is 360 g/mol. The fourth-order valence-electron chi connectivity index (χ4n) is 1.77. The highest BCUT2D eigenvalue weighted by Crippen LogP contribution is 2.26. The predicted molar refractivity (Wildman–Crippen MR) is 83.6 cm³/mol. The van der Waals surface area contributed by atoms with Gasteiger partial charge in [0.15, 0.2) is 0 Å². The maximum atomic E-state index is 12.3. The summed E-state index contributed by atoms with van der Waals surface area (Å²) in [5, 5.41) is 9.53. The molecule has 0 aliphatic rings. The summed E-state index contributed by atoms with van der Waals surface area (Å²) >= 11 is 11.5. The van der Waals surface area contributed by atoms with Gasteiger partial charge in [0, 0.05) is 0 Å². The third-order valence-electron chi connectivity index (χ3n) is 2.85. The van der Waals surface area contributed by atoms with Gasteiger partial charge >= 0.3 is 5.97 Å². The van der Waals surface area contributed by atoms with Crippen LogP contribution in [0.2, 0.25) is 10.0 Å². The third-order valence-corrected chi connectivity index (χ3v) is 5.01. The van der Waals surface area contributed by atoms with E-state index in [2.05, 4.69) is 4.72 Å². The van der Waals surface area contributed by atoms with E-state index < -0.39 is 22.0 Å². The Labute approximate surface area is 137 Å². The number of aliphatic carboxylic acids is 1. The molecule has 5 nitrogen and oxygen atoms in total. The zero-order valence-electron chi connectivity index (χ0n) is 11.0. The molecule has 2 aromatic rings. The molecule has 0 aliphatic heterocycles. The molecule has 2 aromatic carbocycles. The Morgan fingerprint density at radius 2 is 1.68 bits per heavy atom. The summed E-state index contributed by atoms with van der Waals surface area (Å²) in [4.78, 5) is 11.2. The SMILES string of the molecule is O=C(O)[C@@H](NS(=O)(=O)c1ccc(Cl)c(Cl)c1)c1ccccc1. The van der Waals surface area contributed by atoms with Crippen LogP contribution >= 0.6 is 23.2 Å². The molecular weight excluding hydrogens is 349 g/mol. The van der Waals surface area contributed by atoms with Crippen LogP contribution in [0.1, 0.15) is 11.6 Å². The summed E-state index contributed by atoms with van der Waals surface area (Å²) in [6.07, 6.45) is 0. The Morgan fingerprint density at radius 1 is 1.05 bits per heavy atom. The van der Waals surface area contributed by atoms with Crippen LogP contribution in [0, 0.1) is 0 Å². The molecule has 8 heteroatoms. The van der Waals surface area contributed by atoms with Crippen molar-refractivity contribution in [2.45, 2.75) is 10.9 Å². The molecule has 0 fully saturated rings. The molecule has 116 valence electrons. The lowest BCUT2D eigenvalue weighted by molar-refractivity contribution is -0.139. The topological polar surface area (TPSA) is 83.5 Å². The van der Waals surface area contributed by atoms with E-state index in [0.29, 0.717) is 5.56 Å². The second kappa shape index (κ2) is 6.66. The molecule has 2 rings (SSSR count). The predicted octanol–water partition coefficient (Wildman–Crippen LogP) is 3.10. The minimum Gasteiger partial charge on any atom is -0.480 e. The summed E-state index contributed by atoms with van der Waals surface area (Å²) in [5.74, 6) is -1.31. The normalized spacial score (nSPS) is 12.8. The van der Waals surface area contributed by atoms with Crippen LogP contribution in [0.3, 0.4) is 0 Å². The Balaban J connectivity index is 2.36. The van der Waals surface area contributed by atoms with Crippen LogP contribution in [-0.2, 0) is 14.8 Å². The van der Waals surface area contributed by atoms with E-state index in [1.807, 2.05) is 0 Å². The molecule has 2 N–H and O–H groups in total. The molecular formula is C14H11Cl2NO4S. The molecule has 0 amide bonds. The van der Waals surface area contributed by atoms with Gasteiger partial charge in [-0.25, -0.2) is 8.42 Å². The highest BCUT2D eigenvalue weighted by molar-refractivity contribution is 7.89.